The standard InChI is InChI=1S/C16H24FN3O/c1-4-18-15-14(17)12(7-8-19-15)16(21)20-13-6-5-10(2)9-11(13)3/h7-8,10-11,13H,4-6,9H2,1-3H3,(H,18,19)(H,20,21). The molecule has 5 heteroatoms. The number of rotatable bonds is 4. The Morgan fingerprint density at radius 3 is 2.86 bits per heavy atom. The number of nitrogens with zero attached hydrogens (tertiary/aromatic N) is 1. The summed E-state index contributed by atoms with van der Waals surface area (Å²) in [5.41, 5.74) is 0.0618. The molecule has 1 aromatic heterocycles. The number of carbonyl (C=O) groups excluding carboxylic acids is 1. The van der Waals surface area contributed by atoms with E-state index in [0.29, 0.717) is 18.4 Å². The van der Waals surface area contributed by atoms with Crippen LogP contribution in [0.3, 0.4) is 0 Å². The van der Waals surface area contributed by atoms with Gasteiger partial charge in [0.2, 0.25) is 0 Å². The molecule has 1 amide bonds. The van der Waals surface area contributed by atoms with Crippen LogP contribution in [-0.4, -0.2) is 23.5 Å². The fourth-order valence-corrected chi connectivity index (χ4v) is 3.04. The maximum Gasteiger partial charge on any atom is 0.254 e. The fraction of sp³-hybridized carbons (Fsp3) is 0.625. The first-order chi connectivity index (χ1) is 10.0. The van der Waals surface area contributed by atoms with Crippen molar-refractivity contribution in [3.05, 3.63) is 23.6 Å². The molecule has 2 rings (SSSR count). The second kappa shape index (κ2) is 6.87. The minimum absolute atomic E-state index is 0.0618. The molecule has 1 fully saturated rings. The van der Waals surface area contributed by atoms with Crippen LogP contribution in [0.15, 0.2) is 12.3 Å². The predicted octanol–water partition coefficient (Wildman–Crippen LogP) is 3.21. The van der Waals surface area contributed by atoms with Gasteiger partial charge in [-0.2, -0.15) is 0 Å². The number of hydrogen-bond donors (Lipinski definition) is 2. The summed E-state index contributed by atoms with van der Waals surface area (Å²) in [6, 6.07) is 1.56. The van der Waals surface area contributed by atoms with Crippen molar-refractivity contribution in [2.45, 2.75) is 46.1 Å². The van der Waals surface area contributed by atoms with Gasteiger partial charge in [-0.1, -0.05) is 13.8 Å². The highest BCUT2D eigenvalue weighted by Crippen LogP contribution is 2.29. The molecule has 0 aliphatic heterocycles. The molecule has 1 saturated carbocycles. The van der Waals surface area contributed by atoms with Gasteiger partial charge in [0.25, 0.3) is 5.91 Å². The van der Waals surface area contributed by atoms with Gasteiger partial charge in [0.1, 0.15) is 0 Å². The molecule has 1 aromatic rings. The molecule has 1 aliphatic rings. The molecule has 0 saturated heterocycles. The van der Waals surface area contributed by atoms with Gasteiger partial charge in [0, 0.05) is 18.8 Å². The van der Waals surface area contributed by atoms with E-state index in [0.717, 1.165) is 19.3 Å². The van der Waals surface area contributed by atoms with Gasteiger partial charge in [-0.25, -0.2) is 9.37 Å². The second-order valence-electron chi connectivity index (χ2n) is 6.03. The zero-order valence-electron chi connectivity index (χ0n) is 12.9. The molecule has 1 aliphatic carbocycles. The Hall–Kier alpha value is -1.65. The summed E-state index contributed by atoms with van der Waals surface area (Å²) in [6.45, 7) is 6.80. The van der Waals surface area contributed by atoms with Gasteiger partial charge >= 0.3 is 0 Å². The second-order valence-corrected chi connectivity index (χ2v) is 6.03. The lowest BCUT2D eigenvalue weighted by molar-refractivity contribution is 0.0895. The van der Waals surface area contributed by atoms with Crippen LogP contribution in [0.2, 0.25) is 0 Å². The van der Waals surface area contributed by atoms with Crippen molar-refractivity contribution >= 4 is 11.7 Å². The van der Waals surface area contributed by atoms with Crippen LogP contribution in [0.25, 0.3) is 0 Å². The first kappa shape index (κ1) is 15.7. The van der Waals surface area contributed by atoms with Gasteiger partial charge in [0.15, 0.2) is 11.6 Å². The van der Waals surface area contributed by atoms with Crippen molar-refractivity contribution in [2.75, 3.05) is 11.9 Å². The Morgan fingerprint density at radius 1 is 1.43 bits per heavy atom. The molecule has 1 heterocycles. The zero-order valence-corrected chi connectivity index (χ0v) is 12.9. The number of aromatic nitrogens is 1. The van der Waals surface area contributed by atoms with Gasteiger partial charge in [-0.05, 0) is 44.1 Å². The topological polar surface area (TPSA) is 54.0 Å². The Bertz CT molecular complexity index is 506. The molecule has 3 atom stereocenters. The predicted molar refractivity (Wildman–Crippen MR) is 81.8 cm³/mol. The van der Waals surface area contributed by atoms with Gasteiger partial charge in [0.05, 0.1) is 5.56 Å². The third-order valence-corrected chi connectivity index (χ3v) is 4.23. The molecule has 0 radical (unpaired) electrons. The lowest BCUT2D eigenvalue weighted by Gasteiger charge is -2.33. The molecule has 3 unspecified atom stereocenters. The normalized spacial score (nSPS) is 25.4. The SMILES string of the molecule is CCNc1nccc(C(=O)NC2CCC(C)CC2C)c1F. The van der Waals surface area contributed by atoms with E-state index in [1.54, 1.807) is 0 Å². The molecular formula is C16H24FN3O. The van der Waals surface area contributed by atoms with Crippen LogP contribution < -0.4 is 10.6 Å². The third kappa shape index (κ3) is 3.71. The molecular weight excluding hydrogens is 269 g/mol. The van der Waals surface area contributed by atoms with Gasteiger partial charge in [-0.3, -0.25) is 4.79 Å². The number of anilines is 1. The van der Waals surface area contributed by atoms with E-state index in [2.05, 4.69) is 29.5 Å². The first-order valence-corrected chi connectivity index (χ1v) is 7.72. The van der Waals surface area contributed by atoms with Crippen LogP contribution in [0.5, 0.6) is 0 Å². The average molecular weight is 293 g/mol. The summed E-state index contributed by atoms with van der Waals surface area (Å²) < 4.78 is 14.2. The number of carbonyl (C=O) groups is 1. The first-order valence-electron chi connectivity index (χ1n) is 7.72. The molecule has 0 bridgehead atoms. The summed E-state index contributed by atoms with van der Waals surface area (Å²) in [4.78, 5) is 16.2. The quantitative estimate of drug-likeness (QED) is 0.896. The van der Waals surface area contributed by atoms with Crippen LogP contribution >= 0.6 is 0 Å². The summed E-state index contributed by atoms with van der Waals surface area (Å²) in [7, 11) is 0. The van der Waals surface area contributed by atoms with Crippen LogP contribution in [0.4, 0.5) is 10.2 Å². The van der Waals surface area contributed by atoms with E-state index in [1.165, 1.54) is 12.3 Å². The number of pyridine rings is 1. The van der Waals surface area contributed by atoms with Gasteiger partial charge in [-0.15, -0.1) is 0 Å². The van der Waals surface area contributed by atoms with Gasteiger partial charge < -0.3 is 10.6 Å². The van der Waals surface area contributed by atoms with E-state index in [9.17, 15) is 9.18 Å². The number of hydrogen-bond acceptors (Lipinski definition) is 3. The summed E-state index contributed by atoms with van der Waals surface area (Å²) in [5, 5.41) is 5.80. The van der Waals surface area contributed by atoms with E-state index in [-0.39, 0.29) is 23.3 Å². The number of nitrogens with one attached hydrogen (secondary N) is 2. The summed E-state index contributed by atoms with van der Waals surface area (Å²) >= 11 is 0. The number of amides is 1. The van der Waals surface area contributed by atoms with Crippen LogP contribution in [0.1, 0.15) is 50.4 Å². The van der Waals surface area contributed by atoms with Crippen molar-refractivity contribution in [2.24, 2.45) is 11.8 Å². The lowest BCUT2D eigenvalue weighted by atomic mass is 9.80. The minimum atomic E-state index is -0.575. The Labute approximate surface area is 125 Å². The minimum Gasteiger partial charge on any atom is -0.368 e. The lowest BCUT2D eigenvalue weighted by Crippen LogP contribution is -2.42. The van der Waals surface area contributed by atoms with Crippen LogP contribution in [-0.2, 0) is 0 Å². The molecule has 2 N–H and O–H groups in total. The van der Waals surface area contributed by atoms with Crippen LogP contribution in [0, 0.1) is 17.7 Å². The van der Waals surface area contributed by atoms with Crippen molar-refractivity contribution in [3.8, 4) is 0 Å². The smallest absolute Gasteiger partial charge is 0.254 e. The molecule has 116 valence electrons. The molecule has 21 heavy (non-hydrogen) atoms. The number of halogens is 1. The monoisotopic (exact) mass is 293 g/mol. The maximum absolute atomic E-state index is 14.2. The Kier molecular flexibility index (Phi) is 5.15. The fourth-order valence-electron chi connectivity index (χ4n) is 3.04. The third-order valence-electron chi connectivity index (χ3n) is 4.23. The summed E-state index contributed by atoms with van der Waals surface area (Å²) in [5.74, 6) is 0.339. The molecule has 0 spiro atoms. The summed E-state index contributed by atoms with van der Waals surface area (Å²) in [6.07, 6.45) is 4.63. The Balaban J connectivity index is 2.08. The highest BCUT2D eigenvalue weighted by Gasteiger charge is 2.27. The average Bonchev–Trinajstić information content (AvgIpc) is 2.44. The van der Waals surface area contributed by atoms with E-state index >= 15 is 0 Å². The van der Waals surface area contributed by atoms with E-state index in [4.69, 9.17) is 0 Å². The van der Waals surface area contributed by atoms with Crippen molar-refractivity contribution in [1.82, 2.24) is 10.3 Å². The Morgan fingerprint density at radius 2 is 2.19 bits per heavy atom. The van der Waals surface area contributed by atoms with E-state index in [1.807, 2.05) is 6.92 Å². The highest BCUT2D eigenvalue weighted by atomic mass is 19.1. The van der Waals surface area contributed by atoms with E-state index < -0.39 is 5.82 Å². The zero-order chi connectivity index (χ0) is 15.4. The van der Waals surface area contributed by atoms with Crippen molar-refractivity contribution in [3.63, 3.8) is 0 Å². The highest BCUT2D eigenvalue weighted by molar-refractivity contribution is 5.95. The maximum atomic E-state index is 14.2. The van der Waals surface area contributed by atoms with Crippen molar-refractivity contribution in [1.29, 1.82) is 0 Å². The largest absolute Gasteiger partial charge is 0.368 e. The molecule has 0 aromatic carbocycles. The molecule has 4 nitrogen and oxygen atoms in total. The van der Waals surface area contributed by atoms with Crippen molar-refractivity contribution < 1.29 is 9.18 Å².